The molecule has 0 atom stereocenters. The Morgan fingerprint density at radius 1 is 1.39 bits per heavy atom. The third-order valence-electron chi connectivity index (χ3n) is 3.37. The van der Waals surface area contributed by atoms with E-state index in [-0.39, 0.29) is 5.78 Å². The highest BCUT2D eigenvalue weighted by Crippen LogP contribution is 2.37. The van der Waals surface area contributed by atoms with Gasteiger partial charge in [-0.15, -0.1) is 0 Å². The number of hydroxylamine groups is 1. The summed E-state index contributed by atoms with van der Waals surface area (Å²) in [5.74, 6) is 1.07. The van der Waals surface area contributed by atoms with Crippen LogP contribution in [0.2, 0.25) is 0 Å². The molecule has 5 nitrogen and oxygen atoms in total. The number of aromatic nitrogens is 1. The van der Waals surface area contributed by atoms with E-state index in [0.717, 1.165) is 22.7 Å². The van der Waals surface area contributed by atoms with Gasteiger partial charge >= 0.3 is 0 Å². The number of likely N-dealkylation sites (N-methyl/N-ethyl adjacent to an activating group) is 1. The van der Waals surface area contributed by atoms with Crippen LogP contribution in [0.1, 0.15) is 12.0 Å². The first-order valence-corrected chi connectivity index (χ1v) is 5.92. The molecular formula is C13H15N3O2. The number of hydrogen-bond acceptors (Lipinski definition) is 5. The third kappa shape index (κ3) is 1.59. The number of hydrogen-bond donors (Lipinski definition) is 0. The summed E-state index contributed by atoms with van der Waals surface area (Å²) < 4.78 is 0. The van der Waals surface area contributed by atoms with Gasteiger partial charge in [0.15, 0.2) is 11.6 Å². The van der Waals surface area contributed by atoms with Crippen molar-refractivity contribution in [2.24, 2.45) is 0 Å². The predicted octanol–water partition coefficient (Wildman–Crippen LogP) is 1.08. The van der Waals surface area contributed by atoms with Crippen LogP contribution in [-0.2, 0) is 9.63 Å². The molecule has 0 unspecified atom stereocenters. The molecule has 0 aliphatic carbocycles. The summed E-state index contributed by atoms with van der Waals surface area (Å²) in [6.45, 7) is 1.08. The van der Waals surface area contributed by atoms with Gasteiger partial charge in [0.2, 0.25) is 0 Å². The minimum atomic E-state index is 0.250. The second-order valence-corrected chi connectivity index (χ2v) is 4.62. The second-order valence-electron chi connectivity index (χ2n) is 4.62. The van der Waals surface area contributed by atoms with Crippen LogP contribution in [0, 0.1) is 0 Å². The molecule has 0 N–H and O–H groups in total. The monoisotopic (exact) mass is 245 g/mol. The van der Waals surface area contributed by atoms with Crippen molar-refractivity contribution in [1.29, 1.82) is 0 Å². The number of rotatable bonds is 1. The molecule has 2 aliphatic heterocycles. The van der Waals surface area contributed by atoms with E-state index in [4.69, 9.17) is 4.84 Å². The molecule has 0 fully saturated rings. The highest BCUT2D eigenvalue weighted by molar-refractivity contribution is 5.92. The number of anilines is 1. The zero-order valence-corrected chi connectivity index (χ0v) is 10.5. The highest BCUT2D eigenvalue weighted by Gasteiger charge is 2.32. The standard InChI is InChI=1S/C13H15N3O2/c1-15-8-10(17)6-9-7-16(18-2)13-11(12(9)15)4-3-5-14-13/h3-5H,6-8H2,1-2H3. The second kappa shape index (κ2) is 4.10. The normalized spacial score (nSPS) is 18.9. The van der Waals surface area contributed by atoms with Crippen LogP contribution >= 0.6 is 0 Å². The average Bonchev–Trinajstić information content (AvgIpc) is 2.36. The Bertz CT molecular complexity index is 539. The smallest absolute Gasteiger partial charge is 0.162 e. The Morgan fingerprint density at radius 3 is 3.00 bits per heavy atom. The number of carbonyl (C=O) groups is 1. The van der Waals surface area contributed by atoms with Crippen molar-refractivity contribution in [3.8, 4) is 0 Å². The summed E-state index contributed by atoms with van der Waals surface area (Å²) in [5.41, 5.74) is 3.28. The van der Waals surface area contributed by atoms with Crippen LogP contribution < -0.4 is 5.06 Å². The van der Waals surface area contributed by atoms with Crippen LogP contribution in [-0.4, -0.2) is 42.9 Å². The predicted molar refractivity (Wildman–Crippen MR) is 67.8 cm³/mol. The summed E-state index contributed by atoms with van der Waals surface area (Å²) >= 11 is 0. The van der Waals surface area contributed by atoms with Gasteiger partial charge in [-0.2, -0.15) is 0 Å². The maximum Gasteiger partial charge on any atom is 0.162 e. The number of fused-ring (bicyclic) bond motifs is 2. The van der Waals surface area contributed by atoms with Crippen molar-refractivity contribution in [3.63, 3.8) is 0 Å². The largest absolute Gasteiger partial charge is 0.367 e. The molecule has 0 amide bonds. The van der Waals surface area contributed by atoms with E-state index in [1.807, 2.05) is 24.1 Å². The molecule has 3 rings (SSSR count). The highest BCUT2D eigenvalue weighted by atomic mass is 16.7. The van der Waals surface area contributed by atoms with Crippen LogP contribution in [0.15, 0.2) is 23.9 Å². The Labute approximate surface area is 106 Å². The summed E-state index contributed by atoms with van der Waals surface area (Å²) in [6, 6.07) is 3.93. The molecule has 3 heterocycles. The van der Waals surface area contributed by atoms with E-state index >= 15 is 0 Å². The van der Waals surface area contributed by atoms with Gasteiger partial charge in [0.1, 0.15) is 0 Å². The molecular weight excluding hydrogens is 230 g/mol. The number of ketones is 1. The summed E-state index contributed by atoms with van der Waals surface area (Å²) in [7, 11) is 3.57. The van der Waals surface area contributed by atoms with Crippen LogP contribution in [0.4, 0.5) is 5.82 Å². The van der Waals surface area contributed by atoms with E-state index in [1.165, 1.54) is 0 Å². The molecule has 0 spiro atoms. The topological polar surface area (TPSA) is 45.7 Å². The van der Waals surface area contributed by atoms with E-state index in [9.17, 15) is 4.79 Å². The lowest BCUT2D eigenvalue weighted by Crippen LogP contribution is -2.39. The van der Waals surface area contributed by atoms with Gasteiger partial charge in [0.05, 0.1) is 20.2 Å². The number of nitrogens with zero attached hydrogens (tertiary/aromatic N) is 3. The lowest BCUT2D eigenvalue weighted by atomic mass is 9.94. The molecule has 0 bridgehead atoms. The number of carbonyl (C=O) groups excluding carboxylic acids is 1. The Hall–Kier alpha value is -1.88. The van der Waals surface area contributed by atoms with Gasteiger partial charge in [-0.05, 0) is 17.7 Å². The van der Waals surface area contributed by atoms with E-state index in [2.05, 4.69) is 4.98 Å². The fourth-order valence-corrected chi connectivity index (χ4v) is 2.70. The Balaban J connectivity index is 2.16. The van der Waals surface area contributed by atoms with Crippen molar-refractivity contribution in [1.82, 2.24) is 9.88 Å². The summed E-state index contributed by atoms with van der Waals surface area (Å²) in [4.78, 5) is 23.4. The van der Waals surface area contributed by atoms with Gasteiger partial charge in [-0.3, -0.25) is 9.63 Å². The number of pyridine rings is 1. The van der Waals surface area contributed by atoms with Crippen molar-refractivity contribution in [2.45, 2.75) is 6.42 Å². The minimum absolute atomic E-state index is 0.250. The molecule has 0 saturated heterocycles. The first-order valence-electron chi connectivity index (χ1n) is 5.92. The molecule has 2 aliphatic rings. The first-order chi connectivity index (χ1) is 8.70. The lowest BCUT2D eigenvalue weighted by molar-refractivity contribution is -0.119. The molecule has 1 aromatic heterocycles. The van der Waals surface area contributed by atoms with Crippen molar-refractivity contribution in [3.05, 3.63) is 29.5 Å². The van der Waals surface area contributed by atoms with Crippen molar-refractivity contribution in [2.75, 3.05) is 32.3 Å². The first kappa shape index (κ1) is 11.2. The molecule has 94 valence electrons. The molecule has 0 saturated carbocycles. The third-order valence-corrected chi connectivity index (χ3v) is 3.37. The van der Waals surface area contributed by atoms with Gasteiger partial charge in [-0.1, -0.05) is 0 Å². The fraction of sp³-hybridized carbons (Fsp3) is 0.385. The van der Waals surface area contributed by atoms with Gasteiger partial charge < -0.3 is 4.90 Å². The van der Waals surface area contributed by atoms with Gasteiger partial charge in [-0.25, -0.2) is 10.0 Å². The minimum Gasteiger partial charge on any atom is -0.367 e. The van der Waals surface area contributed by atoms with Crippen LogP contribution in [0.25, 0.3) is 5.70 Å². The van der Waals surface area contributed by atoms with Crippen molar-refractivity contribution < 1.29 is 9.63 Å². The Morgan fingerprint density at radius 2 is 2.22 bits per heavy atom. The quantitative estimate of drug-likeness (QED) is 0.741. The lowest BCUT2D eigenvalue weighted by Gasteiger charge is -2.37. The van der Waals surface area contributed by atoms with Gasteiger partial charge in [0, 0.05) is 30.9 Å². The molecule has 18 heavy (non-hydrogen) atoms. The molecule has 0 aromatic carbocycles. The van der Waals surface area contributed by atoms with E-state index < -0.39 is 0 Å². The molecule has 0 radical (unpaired) electrons. The maximum atomic E-state index is 11.7. The molecule has 1 aromatic rings. The summed E-state index contributed by atoms with van der Waals surface area (Å²) in [5, 5.41) is 1.74. The van der Waals surface area contributed by atoms with Crippen molar-refractivity contribution >= 4 is 17.3 Å². The zero-order valence-electron chi connectivity index (χ0n) is 10.5. The Kier molecular flexibility index (Phi) is 2.56. The molecule has 5 heteroatoms. The van der Waals surface area contributed by atoms with E-state index in [0.29, 0.717) is 19.5 Å². The summed E-state index contributed by atoms with van der Waals surface area (Å²) in [6.07, 6.45) is 2.26. The average molecular weight is 245 g/mol. The van der Waals surface area contributed by atoms with Crippen LogP contribution in [0.5, 0.6) is 0 Å². The van der Waals surface area contributed by atoms with Crippen LogP contribution in [0.3, 0.4) is 0 Å². The van der Waals surface area contributed by atoms with E-state index in [1.54, 1.807) is 18.4 Å². The van der Waals surface area contributed by atoms with Gasteiger partial charge in [0.25, 0.3) is 0 Å². The number of Topliss-reactive ketones (excluding diaryl/α,β-unsaturated/α-hetero) is 1. The zero-order chi connectivity index (χ0) is 12.7. The fourth-order valence-electron chi connectivity index (χ4n) is 2.70. The maximum absolute atomic E-state index is 11.7. The SMILES string of the molecule is CON1CC2=C(c3cccnc31)N(C)CC(=O)C2.